The van der Waals surface area contributed by atoms with E-state index in [1.807, 2.05) is 24.3 Å². The number of rotatable bonds is 0. The predicted octanol–water partition coefficient (Wildman–Crippen LogP) is 1.69. The molecule has 4 heteroatoms. The molecule has 1 atom stereocenters. The molecule has 0 aliphatic carbocycles. The van der Waals surface area contributed by atoms with E-state index in [0.717, 1.165) is 11.3 Å². The van der Waals surface area contributed by atoms with Gasteiger partial charge in [0.25, 0.3) is 0 Å². The van der Waals surface area contributed by atoms with Crippen molar-refractivity contribution in [3.63, 3.8) is 0 Å². The standard InChI is InChI=1S/C9H9ClN2O/c10-8-5-6-3-1-2-4-7(6)12(8)9(11)13/h1-4,8H,5H2,(H2,11,13). The Hall–Kier alpha value is -1.22. The van der Waals surface area contributed by atoms with Crippen LogP contribution in [0.25, 0.3) is 0 Å². The molecule has 2 N–H and O–H groups in total. The Morgan fingerprint density at radius 1 is 1.54 bits per heavy atom. The Balaban J connectivity index is 2.46. The van der Waals surface area contributed by atoms with E-state index in [-0.39, 0.29) is 5.50 Å². The van der Waals surface area contributed by atoms with E-state index in [4.69, 9.17) is 17.3 Å². The van der Waals surface area contributed by atoms with Crippen molar-refractivity contribution in [1.29, 1.82) is 0 Å². The Morgan fingerprint density at radius 2 is 2.23 bits per heavy atom. The van der Waals surface area contributed by atoms with Gasteiger partial charge >= 0.3 is 6.03 Å². The van der Waals surface area contributed by atoms with Crippen LogP contribution >= 0.6 is 11.6 Å². The number of carbonyl (C=O) groups excluding carboxylic acids is 1. The lowest BCUT2D eigenvalue weighted by Crippen LogP contribution is -2.38. The summed E-state index contributed by atoms with van der Waals surface area (Å²) in [7, 11) is 0. The van der Waals surface area contributed by atoms with Crippen molar-refractivity contribution in [2.45, 2.75) is 11.9 Å². The summed E-state index contributed by atoms with van der Waals surface area (Å²) in [5.74, 6) is 0. The van der Waals surface area contributed by atoms with Gasteiger partial charge in [0.05, 0.1) is 5.69 Å². The predicted molar refractivity (Wildman–Crippen MR) is 51.8 cm³/mol. The minimum absolute atomic E-state index is 0.338. The average molecular weight is 197 g/mol. The Bertz CT molecular complexity index is 353. The molecule has 3 nitrogen and oxygen atoms in total. The molecule has 0 saturated heterocycles. The Morgan fingerprint density at radius 3 is 2.92 bits per heavy atom. The average Bonchev–Trinajstić information content (AvgIpc) is 2.39. The normalized spacial score (nSPS) is 20.1. The van der Waals surface area contributed by atoms with Gasteiger partial charge in [-0.3, -0.25) is 4.90 Å². The summed E-state index contributed by atoms with van der Waals surface area (Å²) in [5, 5.41) is 0. The van der Waals surface area contributed by atoms with Crippen LogP contribution in [0, 0.1) is 0 Å². The summed E-state index contributed by atoms with van der Waals surface area (Å²) < 4.78 is 0. The van der Waals surface area contributed by atoms with E-state index in [9.17, 15) is 4.79 Å². The fourth-order valence-corrected chi connectivity index (χ4v) is 1.97. The summed E-state index contributed by atoms with van der Waals surface area (Å²) in [6.45, 7) is 0. The molecule has 1 aromatic carbocycles. The van der Waals surface area contributed by atoms with Crippen LogP contribution in [-0.4, -0.2) is 11.5 Å². The topological polar surface area (TPSA) is 46.3 Å². The molecule has 1 aliphatic heterocycles. The van der Waals surface area contributed by atoms with Gasteiger partial charge in [-0.2, -0.15) is 0 Å². The van der Waals surface area contributed by atoms with Crippen molar-refractivity contribution in [3.8, 4) is 0 Å². The van der Waals surface area contributed by atoms with E-state index in [0.29, 0.717) is 6.42 Å². The van der Waals surface area contributed by atoms with Crippen molar-refractivity contribution >= 4 is 23.3 Å². The van der Waals surface area contributed by atoms with Gasteiger partial charge in [0.15, 0.2) is 0 Å². The molecular formula is C9H9ClN2O. The third kappa shape index (κ3) is 1.25. The lowest BCUT2D eigenvalue weighted by atomic mass is 10.2. The molecule has 0 saturated carbocycles. The van der Waals surface area contributed by atoms with Crippen LogP contribution in [0.5, 0.6) is 0 Å². The van der Waals surface area contributed by atoms with Crippen LogP contribution in [0.1, 0.15) is 5.56 Å². The van der Waals surface area contributed by atoms with Crippen LogP contribution in [-0.2, 0) is 6.42 Å². The number of nitrogens with zero attached hydrogens (tertiary/aromatic N) is 1. The number of fused-ring (bicyclic) bond motifs is 1. The van der Waals surface area contributed by atoms with E-state index in [2.05, 4.69) is 0 Å². The third-order valence-corrected chi connectivity index (χ3v) is 2.51. The largest absolute Gasteiger partial charge is 0.351 e. The lowest BCUT2D eigenvalue weighted by molar-refractivity contribution is 0.254. The van der Waals surface area contributed by atoms with E-state index >= 15 is 0 Å². The second kappa shape index (κ2) is 2.92. The first-order valence-corrected chi connectivity index (χ1v) is 4.44. The van der Waals surface area contributed by atoms with Crippen LogP contribution in [0.2, 0.25) is 0 Å². The van der Waals surface area contributed by atoms with Gasteiger partial charge in [-0.05, 0) is 11.6 Å². The number of halogens is 1. The maximum atomic E-state index is 11.0. The first kappa shape index (κ1) is 8.38. The number of nitrogens with two attached hydrogens (primary N) is 1. The first-order valence-electron chi connectivity index (χ1n) is 4.01. The number of hydrogen-bond donors (Lipinski definition) is 1. The van der Waals surface area contributed by atoms with E-state index < -0.39 is 6.03 Å². The monoisotopic (exact) mass is 196 g/mol. The van der Waals surface area contributed by atoms with Gasteiger partial charge in [0.1, 0.15) is 5.50 Å². The van der Waals surface area contributed by atoms with Crippen LogP contribution in [0.15, 0.2) is 24.3 Å². The van der Waals surface area contributed by atoms with Crippen molar-refractivity contribution in [3.05, 3.63) is 29.8 Å². The number of hydrogen-bond acceptors (Lipinski definition) is 1. The molecule has 0 radical (unpaired) electrons. The molecule has 1 heterocycles. The van der Waals surface area contributed by atoms with Crippen molar-refractivity contribution in [2.75, 3.05) is 4.90 Å². The molecule has 68 valence electrons. The van der Waals surface area contributed by atoms with Crippen LogP contribution < -0.4 is 10.6 Å². The molecule has 1 aliphatic rings. The number of anilines is 1. The number of primary amides is 1. The van der Waals surface area contributed by atoms with Gasteiger partial charge in [-0.1, -0.05) is 29.8 Å². The van der Waals surface area contributed by atoms with Gasteiger partial charge < -0.3 is 5.73 Å². The summed E-state index contributed by atoms with van der Waals surface area (Å²) in [6.07, 6.45) is 0.667. The highest BCUT2D eigenvalue weighted by Crippen LogP contribution is 2.33. The van der Waals surface area contributed by atoms with Gasteiger partial charge in [-0.25, -0.2) is 4.79 Å². The first-order chi connectivity index (χ1) is 6.20. The highest BCUT2D eigenvalue weighted by molar-refractivity contribution is 6.25. The highest BCUT2D eigenvalue weighted by atomic mass is 35.5. The molecule has 13 heavy (non-hydrogen) atoms. The zero-order valence-corrected chi connectivity index (χ0v) is 7.66. The number of urea groups is 1. The fraction of sp³-hybridized carbons (Fsp3) is 0.222. The van der Waals surface area contributed by atoms with Crippen molar-refractivity contribution in [2.24, 2.45) is 5.73 Å². The summed E-state index contributed by atoms with van der Waals surface area (Å²) in [4.78, 5) is 12.5. The maximum absolute atomic E-state index is 11.0. The molecule has 1 unspecified atom stereocenters. The lowest BCUT2D eigenvalue weighted by Gasteiger charge is -2.17. The Kier molecular flexibility index (Phi) is 1.88. The fourth-order valence-electron chi connectivity index (χ4n) is 1.60. The van der Waals surface area contributed by atoms with Crippen molar-refractivity contribution in [1.82, 2.24) is 0 Å². The molecule has 0 bridgehead atoms. The second-order valence-electron chi connectivity index (χ2n) is 2.98. The van der Waals surface area contributed by atoms with Crippen LogP contribution in [0.3, 0.4) is 0 Å². The molecule has 0 fully saturated rings. The number of amides is 2. The number of benzene rings is 1. The van der Waals surface area contributed by atoms with E-state index in [1.54, 1.807) is 0 Å². The molecule has 1 aromatic rings. The van der Waals surface area contributed by atoms with Gasteiger partial charge in [-0.15, -0.1) is 0 Å². The minimum Gasteiger partial charge on any atom is -0.351 e. The van der Waals surface area contributed by atoms with E-state index in [1.165, 1.54) is 4.90 Å². The van der Waals surface area contributed by atoms with Crippen LogP contribution in [0.4, 0.5) is 10.5 Å². The molecule has 0 spiro atoms. The quantitative estimate of drug-likeness (QED) is 0.498. The Labute approximate surface area is 81.1 Å². The summed E-state index contributed by atoms with van der Waals surface area (Å²) >= 11 is 5.96. The molecule has 2 amide bonds. The zero-order chi connectivity index (χ0) is 9.42. The smallest absolute Gasteiger partial charge is 0.320 e. The van der Waals surface area contributed by atoms with Gasteiger partial charge in [0.2, 0.25) is 0 Å². The van der Waals surface area contributed by atoms with Crippen molar-refractivity contribution < 1.29 is 4.79 Å². The zero-order valence-electron chi connectivity index (χ0n) is 6.90. The van der Waals surface area contributed by atoms with Gasteiger partial charge in [0, 0.05) is 6.42 Å². The highest BCUT2D eigenvalue weighted by Gasteiger charge is 2.30. The summed E-state index contributed by atoms with van der Waals surface area (Å²) in [5.41, 5.74) is 6.77. The molecule has 2 rings (SSSR count). The number of carbonyl (C=O) groups is 1. The SMILES string of the molecule is NC(=O)N1c2ccccc2CC1Cl. The molecular weight excluding hydrogens is 188 g/mol. The second-order valence-corrected chi connectivity index (χ2v) is 3.48. The maximum Gasteiger partial charge on any atom is 0.320 e. The third-order valence-electron chi connectivity index (χ3n) is 2.16. The number of alkyl halides is 1. The minimum atomic E-state index is -0.495. The number of para-hydroxylation sites is 1. The summed E-state index contributed by atoms with van der Waals surface area (Å²) in [6, 6.07) is 7.09. The molecule has 0 aromatic heterocycles.